The summed E-state index contributed by atoms with van der Waals surface area (Å²) in [6.07, 6.45) is 6.48. The van der Waals surface area contributed by atoms with E-state index in [0.717, 1.165) is 0 Å². The average molecular weight is 190 g/mol. The van der Waals surface area contributed by atoms with Gasteiger partial charge in [-0.1, -0.05) is 13.8 Å². The van der Waals surface area contributed by atoms with Crippen LogP contribution in [-0.4, -0.2) is 12.0 Å². The van der Waals surface area contributed by atoms with Crippen LogP contribution in [0.25, 0.3) is 0 Å². The lowest BCUT2D eigenvalue weighted by atomic mass is 9.97. The van der Waals surface area contributed by atoms with Crippen molar-refractivity contribution in [2.24, 2.45) is 0 Å². The third-order valence-corrected chi connectivity index (χ3v) is 3.15. The Balaban J connectivity index is 2.44. The number of nitrogens with zero attached hydrogens (tertiary/aromatic N) is 1. The van der Waals surface area contributed by atoms with Crippen molar-refractivity contribution >= 4 is 0 Å². The number of rotatable bonds is 2. The van der Waals surface area contributed by atoms with Crippen LogP contribution in [0.4, 0.5) is 0 Å². The molecule has 0 aromatic carbocycles. The fraction of sp³-hybridized carbons (Fsp3) is 0.583. The molecule has 1 heterocycles. The lowest BCUT2D eigenvalue weighted by Gasteiger charge is -2.13. The Morgan fingerprint density at radius 2 is 2.21 bits per heavy atom. The fourth-order valence-electron chi connectivity index (χ4n) is 2.35. The molecule has 0 fully saturated rings. The predicted octanol–water partition coefficient (Wildman–Crippen LogP) is 2.41. The van der Waals surface area contributed by atoms with Gasteiger partial charge < -0.3 is 5.32 Å². The van der Waals surface area contributed by atoms with Gasteiger partial charge in [-0.3, -0.25) is 4.98 Å². The van der Waals surface area contributed by atoms with E-state index < -0.39 is 0 Å². The Morgan fingerprint density at radius 1 is 1.43 bits per heavy atom. The fourth-order valence-corrected chi connectivity index (χ4v) is 2.35. The summed E-state index contributed by atoms with van der Waals surface area (Å²) < 4.78 is 0. The monoisotopic (exact) mass is 190 g/mol. The molecule has 76 valence electrons. The molecule has 1 N–H and O–H groups in total. The molecule has 0 amide bonds. The molecule has 0 aliphatic heterocycles. The van der Waals surface area contributed by atoms with E-state index in [2.05, 4.69) is 24.1 Å². The lowest BCUT2D eigenvalue weighted by molar-refractivity contribution is 0.589. The highest BCUT2D eigenvalue weighted by atomic mass is 14.9. The molecular weight excluding hydrogens is 172 g/mol. The molecule has 2 nitrogen and oxygen atoms in total. The second-order valence-electron chi connectivity index (χ2n) is 4.33. The highest BCUT2D eigenvalue weighted by Crippen LogP contribution is 2.34. The number of pyridine rings is 1. The predicted molar refractivity (Wildman–Crippen MR) is 58.4 cm³/mol. The molecule has 1 unspecified atom stereocenters. The molecule has 1 atom stereocenters. The topological polar surface area (TPSA) is 24.9 Å². The van der Waals surface area contributed by atoms with Gasteiger partial charge in [-0.25, -0.2) is 0 Å². The SMILES string of the molecule is CNC1CCc2c(C(C)C)cncc21. The van der Waals surface area contributed by atoms with E-state index >= 15 is 0 Å². The van der Waals surface area contributed by atoms with Crippen molar-refractivity contribution in [3.8, 4) is 0 Å². The summed E-state index contributed by atoms with van der Waals surface area (Å²) in [5.74, 6) is 0.591. The number of hydrogen-bond donors (Lipinski definition) is 1. The summed E-state index contributed by atoms with van der Waals surface area (Å²) in [5, 5.41) is 3.35. The van der Waals surface area contributed by atoms with Crippen molar-refractivity contribution in [2.45, 2.75) is 38.6 Å². The number of hydrogen-bond acceptors (Lipinski definition) is 2. The van der Waals surface area contributed by atoms with Crippen LogP contribution in [0.2, 0.25) is 0 Å². The smallest absolute Gasteiger partial charge is 0.0338 e. The normalized spacial score (nSPS) is 20.1. The van der Waals surface area contributed by atoms with Gasteiger partial charge in [0.15, 0.2) is 0 Å². The molecular formula is C12H18N2. The zero-order valence-electron chi connectivity index (χ0n) is 9.17. The first-order valence-corrected chi connectivity index (χ1v) is 5.38. The highest BCUT2D eigenvalue weighted by molar-refractivity contribution is 5.39. The summed E-state index contributed by atoms with van der Waals surface area (Å²) in [7, 11) is 2.03. The molecule has 1 aliphatic rings. The van der Waals surface area contributed by atoms with Gasteiger partial charge in [-0.05, 0) is 42.5 Å². The molecule has 0 bridgehead atoms. The number of fused-ring (bicyclic) bond motifs is 1. The quantitative estimate of drug-likeness (QED) is 0.774. The van der Waals surface area contributed by atoms with E-state index in [4.69, 9.17) is 0 Å². The molecule has 1 aliphatic carbocycles. The van der Waals surface area contributed by atoms with E-state index in [1.165, 1.54) is 29.5 Å². The van der Waals surface area contributed by atoms with Gasteiger partial charge >= 0.3 is 0 Å². The van der Waals surface area contributed by atoms with Gasteiger partial charge in [0.05, 0.1) is 0 Å². The van der Waals surface area contributed by atoms with Crippen molar-refractivity contribution in [1.29, 1.82) is 0 Å². The van der Waals surface area contributed by atoms with E-state index in [1.807, 2.05) is 19.4 Å². The van der Waals surface area contributed by atoms with Gasteiger partial charge in [-0.2, -0.15) is 0 Å². The molecule has 0 saturated heterocycles. The second-order valence-corrected chi connectivity index (χ2v) is 4.33. The minimum absolute atomic E-state index is 0.524. The van der Waals surface area contributed by atoms with Crippen LogP contribution >= 0.6 is 0 Å². The van der Waals surface area contributed by atoms with Crippen LogP contribution in [0.1, 0.15) is 48.9 Å². The van der Waals surface area contributed by atoms with Crippen LogP contribution in [0.5, 0.6) is 0 Å². The number of nitrogens with one attached hydrogen (secondary N) is 1. The first kappa shape index (κ1) is 9.66. The summed E-state index contributed by atoms with van der Waals surface area (Å²) in [4.78, 5) is 4.34. The molecule has 1 aromatic heterocycles. The zero-order chi connectivity index (χ0) is 10.1. The Hall–Kier alpha value is -0.890. The van der Waals surface area contributed by atoms with Gasteiger partial charge in [-0.15, -0.1) is 0 Å². The molecule has 1 aromatic rings. The molecule has 2 rings (SSSR count). The van der Waals surface area contributed by atoms with Crippen LogP contribution in [0, 0.1) is 0 Å². The maximum Gasteiger partial charge on any atom is 0.0338 e. The lowest BCUT2D eigenvalue weighted by Crippen LogP contribution is -2.13. The Labute approximate surface area is 85.7 Å². The minimum Gasteiger partial charge on any atom is -0.313 e. The molecule has 0 spiro atoms. The maximum absolute atomic E-state index is 4.34. The Morgan fingerprint density at radius 3 is 2.86 bits per heavy atom. The average Bonchev–Trinajstić information content (AvgIpc) is 2.59. The Kier molecular flexibility index (Phi) is 2.55. The summed E-state index contributed by atoms with van der Waals surface area (Å²) in [6.45, 7) is 4.48. The van der Waals surface area contributed by atoms with E-state index in [0.29, 0.717) is 12.0 Å². The largest absolute Gasteiger partial charge is 0.313 e. The molecule has 14 heavy (non-hydrogen) atoms. The number of aromatic nitrogens is 1. The first-order valence-electron chi connectivity index (χ1n) is 5.38. The summed E-state index contributed by atoms with van der Waals surface area (Å²) in [5.41, 5.74) is 4.38. The second kappa shape index (κ2) is 3.70. The standard InChI is InChI=1S/C12H18N2/c1-8(2)10-6-14-7-11-9(10)4-5-12(11)13-3/h6-8,12-13H,4-5H2,1-3H3. The zero-order valence-corrected chi connectivity index (χ0v) is 9.17. The van der Waals surface area contributed by atoms with Crippen LogP contribution in [0.15, 0.2) is 12.4 Å². The van der Waals surface area contributed by atoms with Crippen LogP contribution in [0.3, 0.4) is 0 Å². The highest BCUT2D eigenvalue weighted by Gasteiger charge is 2.24. The molecule has 0 radical (unpaired) electrons. The van der Waals surface area contributed by atoms with Crippen molar-refractivity contribution in [3.63, 3.8) is 0 Å². The summed E-state index contributed by atoms with van der Waals surface area (Å²) >= 11 is 0. The Bertz CT molecular complexity index is 331. The van der Waals surface area contributed by atoms with Gasteiger partial charge in [0.25, 0.3) is 0 Å². The van der Waals surface area contributed by atoms with Crippen molar-refractivity contribution < 1.29 is 0 Å². The van der Waals surface area contributed by atoms with Gasteiger partial charge in [0, 0.05) is 18.4 Å². The van der Waals surface area contributed by atoms with E-state index in [-0.39, 0.29) is 0 Å². The maximum atomic E-state index is 4.34. The van der Waals surface area contributed by atoms with Gasteiger partial charge in [0.1, 0.15) is 0 Å². The third kappa shape index (κ3) is 1.44. The van der Waals surface area contributed by atoms with Crippen molar-refractivity contribution in [2.75, 3.05) is 7.05 Å². The molecule has 0 saturated carbocycles. The van der Waals surface area contributed by atoms with E-state index in [9.17, 15) is 0 Å². The van der Waals surface area contributed by atoms with Crippen molar-refractivity contribution in [3.05, 3.63) is 29.1 Å². The van der Waals surface area contributed by atoms with Gasteiger partial charge in [0.2, 0.25) is 0 Å². The van der Waals surface area contributed by atoms with E-state index in [1.54, 1.807) is 0 Å². The minimum atomic E-state index is 0.524. The van der Waals surface area contributed by atoms with Crippen LogP contribution in [-0.2, 0) is 6.42 Å². The van der Waals surface area contributed by atoms with Crippen molar-refractivity contribution in [1.82, 2.24) is 10.3 Å². The molecule has 2 heteroatoms. The summed E-state index contributed by atoms with van der Waals surface area (Å²) in [6, 6.07) is 0.524. The third-order valence-electron chi connectivity index (χ3n) is 3.15. The first-order chi connectivity index (χ1) is 6.74. The van der Waals surface area contributed by atoms with Crippen LogP contribution < -0.4 is 5.32 Å².